The molecule has 1 unspecified atom stereocenters. The summed E-state index contributed by atoms with van der Waals surface area (Å²) in [7, 11) is 0. The zero-order valence-electron chi connectivity index (χ0n) is 11.0. The van der Waals surface area contributed by atoms with E-state index < -0.39 is 17.7 Å². The third-order valence-corrected chi connectivity index (χ3v) is 3.37. The van der Waals surface area contributed by atoms with Crippen LogP contribution >= 0.6 is 0 Å². The third-order valence-electron chi connectivity index (χ3n) is 3.37. The van der Waals surface area contributed by atoms with E-state index in [0.717, 1.165) is 28.8 Å². The maximum Gasteiger partial charge on any atom is 0.159 e. The number of aliphatic hydroxyl groups is 1. The van der Waals surface area contributed by atoms with Gasteiger partial charge in [-0.3, -0.25) is 0 Å². The van der Waals surface area contributed by atoms with Gasteiger partial charge in [0, 0.05) is 6.42 Å². The molecule has 0 spiro atoms. The second kappa shape index (κ2) is 5.49. The molecular weight excluding hydrogens is 246 g/mol. The van der Waals surface area contributed by atoms with Gasteiger partial charge < -0.3 is 5.11 Å². The number of aryl methyl sites for hydroxylation is 2. The Balaban J connectivity index is 2.25. The van der Waals surface area contributed by atoms with Gasteiger partial charge >= 0.3 is 0 Å². The molecule has 0 aliphatic carbocycles. The van der Waals surface area contributed by atoms with E-state index in [1.165, 1.54) is 6.07 Å². The van der Waals surface area contributed by atoms with E-state index in [2.05, 4.69) is 0 Å². The molecule has 19 heavy (non-hydrogen) atoms. The molecule has 1 N–H and O–H groups in total. The van der Waals surface area contributed by atoms with Gasteiger partial charge in [-0.05, 0) is 48.2 Å². The van der Waals surface area contributed by atoms with Crippen LogP contribution in [0.3, 0.4) is 0 Å². The molecule has 3 heteroatoms. The van der Waals surface area contributed by atoms with Crippen molar-refractivity contribution in [1.29, 1.82) is 0 Å². The molecule has 0 saturated heterocycles. The summed E-state index contributed by atoms with van der Waals surface area (Å²) < 4.78 is 26.0. The summed E-state index contributed by atoms with van der Waals surface area (Å²) in [5, 5.41) is 10.1. The van der Waals surface area contributed by atoms with Crippen molar-refractivity contribution in [3.05, 3.63) is 70.3 Å². The molecule has 0 heterocycles. The number of aliphatic hydroxyl groups excluding tert-OH is 1. The topological polar surface area (TPSA) is 20.2 Å². The predicted molar refractivity (Wildman–Crippen MR) is 70.9 cm³/mol. The number of hydrogen-bond donors (Lipinski definition) is 1. The molecule has 0 amide bonds. The van der Waals surface area contributed by atoms with Crippen molar-refractivity contribution in [2.24, 2.45) is 0 Å². The third kappa shape index (κ3) is 2.99. The lowest BCUT2D eigenvalue weighted by atomic mass is 9.94. The number of halogens is 2. The second-order valence-electron chi connectivity index (χ2n) is 4.76. The second-order valence-corrected chi connectivity index (χ2v) is 4.76. The van der Waals surface area contributed by atoms with Crippen molar-refractivity contribution >= 4 is 0 Å². The minimum atomic E-state index is -0.932. The molecule has 0 radical (unpaired) electrons. The van der Waals surface area contributed by atoms with Crippen LogP contribution in [0.5, 0.6) is 0 Å². The standard InChI is InChI=1S/C16H16F2O/c1-10-4-3-5-11(2)13(10)9-16(19)12-6-7-14(17)15(18)8-12/h3-8,16,19H,9H2,1-2H3. The van der Waals surface area contributed by atoms with Crippen molar-refractivity contribution < 1.29 is 13.9 Å². The zero-order valence-corrected chi connectivity index (χ0v) is 11.0. The highest BCUT2D eigenvalue weighted by molar-refractivity contribution is 5.35. The number of rotatable bonds is 3. The smallest absolute Gasteiger partial charge is 0.159 e. The molecule has 0 bridgehead atoms. The van der Waals surface area contributed by atoms with Crippen molar-refractivity contribution in [3.63, 3.8) is 0 Å². The largest absolute Gasteiger partial charge is 0.388 e. The molecule has 1 atom stereocenters. The maximum atomic E-state index is 13.2. The van der Waals surface area contributed by atoms with Crippen molar-refractivity contribution in [2.45, 2.75) is 26.4 Å². The molecule has 0 aliphatic heterocycles. The lowest BCUT2D eigenvalue weighted by Gasteiger charge is -2.15. The maximum absolute atomic E-state index is 13.2. The van der Waals surface area contributed by atoms with Gasteiger partial charge in [0.1, 0.15) is 0 Å². The fraction of sp³-hybridized carbons (Fsp3) is 0.250. The SMILES string of the molecule is Cc1cccc(C)c1CC(O)c1ccc(F)c(F)c1. The molecule has 1 nitrogen and oxygen atoms in total. The van der Waals surface area contributed by atoms with Crippen molar-refractivity contribution in [1.82, 2.24) is 0 Å². The Kier molecular flexibility index (Phi) is 3.96. The molecule has 2 aromatic rings. The highest BCUT2D eigenvalue weighted by Gasteiger charge is 2.14. The van der Waals surface area contributed by atoms with Crippen LogP contribution < -0.4 is 0 Å². The lowest BCUT2D eigenvalue weighted by Crippen LogP contribution is -2.05. The van der Waals surface area contributed by atoms with Crippen LogP contribution in [0.4, 0.5) is 8.78 Å². The molecule has 0 aromatic heterocycles. The quantitative estimate of drug-likeness (QED) is 0.890. The summed E-state index contributed by atoms with van der Waals surface area (Å²) in [5.41, 5.74) is 3.60. The van der Waals surface area contributed by atoms with Crippen LogP contribution in [-0.4, -0.2) is 5.11 Å². The highest BCUT2D eigenvalue weighted by atomic mass is 19.2. The normalized spacial score (nSPS) is 12.5. The molecule has 0 aliphatic rings. The Hall–Kier alpha value is -1.74. The summed E-state index contributed by atoms with van der Waals surface area (Å²) in [5.74, 6) is -1.83. The van der Waals surface area contributed by atoms with Gasteiger partial charge in [-0.15, -0.1) is 0 Å². The van der Waals surface area contributed by atoms with E-state index in [1.54, 1.807) is 0 Å². The van der Waals surface area contributed by atoms with Crippen molar-refractivity contribution in [2.75, 3.05) is 0 Å². The van der Waals surface area contributed by atoms with Crippen LogP contribution in [0, 0.1) is 25.5 Å². The van der Waals surface area contributed by atoms with Gasteiger partial charge in [0.05, 0.1) is 6.10 Å². The Labute approximate surface area is 111 Å². The Bertz CT molecular complexity index is 573. The first-order valence-electron chi connectivity index (χ1n) is 6.17. The highest BCUT2D eigenvalue weighted by Crippen LogP contribution is 2.24. The van der Waals surface area contributed by atoms with E-state index in [4.69, 9.17) is 0 Å². The summed E-state index contributed by atoms with van der Waals surface area (Å²) in [4.78, 5) is 0. The van der Waals surface area contributed by atoms with E-state index in [-0.39, 0.29) is 0 Å². The molecule has 0 saturated carbocycles. The van der Waals surface area contributed by atoms with Gasteiger partial charge in [-0.25, -0.2) is 8.78 Å². The zero-order chi connectivity index (χ0) is 14.0. The number of hydrogen-bond acceptors (Lipinski definition) is 1. The fourth-order valence-corrected chi connectivity index (χ4v) is 2.20. The molecular formula is C16H16F2O. The van der Waals surface area contributed by atoms with Crippen LogP contribution in [-0.2, 0) is 6.42 Å². The molecule has 2 aromatic carbocycles. The Morgan fingerprint density at radius 1 is 1.00 bits per heavy atom. The minimum absolute atomic E-state index is 0.390. The van der Waals surface area contributed by atoms with E-state index in [1.807, 2.05) is 32.0 Å². The van der Waals surface area contributed by atoms with Gasteiger partial charge in [0.2, 0.25) is 0 Å². The van der Waals surface area contributed by atoms with E-state index >= 15 is 0 Å². The van der Waals surface area contributed by atoms with Gasteiger partial charge in [-0.2, -0.15) is 0 Å². The monoisotopic (exact) mass is 262 g/mol. The first kappa shape index (κ1) is 13.7. The van der Waals surface area contributed by atoms with E-state index in [9.17, 15) is 13.9 Å². The van der Waals surface area contributed by atoms with Crippen LogP contribution in [0.2, 0.25) is 0 Å². The van der Waals surface area contributed by atoms with Gasteiger partial charge in [0.15, 0.2) is 11.6 Å². The molecule has 100 valence electrons. The predicted octanol–water partition coefficient (Wildman–Crippen LogP) is 3.86. The first-order chi connectivity index (χ1) is 8.99. The summed E-state index contributed by atoms with van der Waals surface area (Å²) >= 11 is 0. The summed E-state index contributed by atoms with van der Waals surface area (Å²) in [6.45, 7) is 3.95. The fourth-order valence-electron chi connectivity index (χ4n) is 2.20. The molecule has 2 rings (SSSR count). The first-order valence-corrected chi connectivity index (χ1v) is 6.17. The average Bonchev–Trinajstić information content (AvgIpc) is 2.37. The summed E-state index contributed by atoms with van der Waals surface area (Å²) in [6.07, 6.45) is -0.446. The minimum Gasteiger partial charge on any atom is -0.388 e. The molecule has 0 fully saturated rings. The van der Waals surface area contributed by atoms with Gasteiger partial charge in [0.25, 0.3) is 0 Å². The summed E-state index contributed by atoms with van der Waals surface area (Å²) in [6, 6.07) is 9.40. The number of benzene rings is 2. The Morgan fingerprint density at radius 2 is 1.63 bits per heavy atom. The van der Waals surface area contributed by atoms with Gasteiger partial charge in [-0.1, -0.05) is 24.3 Å². The Morgan fingerprint density at radius 3 is 2.21 bits per heavy atom. The lowest BCUT2D eigenvalue weighted by molar-refractivity contribution is 0.177. The van der Waals surface area contributed by atoms with E-state index in [0.29, 0.717) is 12.0 Å². The van der Waals surface area contributed by atoms with Crippen LogP contribution in [0.25, 0.3) is 0 Å². The average molecular weight is 262 g/mol. The van der Waals surface area contributed by atoms with Crippen molar-refractivity contribution in [3.8, 4) is 0 Å². The van der Waals surface area contributed by atoms with Crippen LogP contribution in [0.1, 0.15) is 28.4 Å². The van der Waals surface area contributed by atoms with Crippen LogP contribution in [0.15, 0.2) is 36.4 Å².